The molecule has 100 valence electrons. The van der Waals surface area contributed by atoms with Crippen molar-refractivity contribution in [1.29, 1.82) is 0 Å². The lowest BCUT2D eigenvalue weighted by molar-refractivity contribution is -0.142. The summed E-state index contributed by atoms with van der Waals surface area (Å²) in [5.41, 5.74) is 0.779. The summed E-state index contributed by atoms with van der Waals surface area (Å²) >= 11 is 1.35. The second-order valence-electron chi connectivity index (χ2n) is 4.25. The zero-order valence-corrected chi connectivity index (χ0v) is 11.8. The van der Waals surface area contributed by atoms with Gasteiger partial charge in [0.05, 0.1) is 0 Å². The van der Waals surface area contributed by atoms with Gasteiger partial charge in [0.2, 0.25) is 0 Å². The molecule has 0 aliphatic heterocycles. The SMILES string of the molecule is CSc1ccc(C(C)N(C)C(C)C(=O)O)cc1F. The number of nitrogens with zero attached hydrogens (tertiary/aromatic N) is 1. The number of carboxylic acid groups (broad SMARTS) is 1. The molecular weight excluding hydrogens is 253 g/mol. The first kappa shape index (κ1) is 15.0. The van der Waals surface area contributed by atoms with Crippen molar-refractivity contribution >= 4 is 17.7 Å². The molecule has 0 aromatic heterocycles. The predicted molar refractivity (Wildman–Crippen MR) is 71.5 cm³/mol. The smallest absolute Gasteiger partial charge is 0.320 e. The molecule has 0 saturated heterocycles. The van der Waals surface area contributed by atoms with Gasteiger partial charge in [0.25, 0.3) is 0 Å². The molecule has 0 fully saturated rings. The fraction of sp³-hybridized carbons (Fsp3) is 0.462. The number of halogens is 1. The molecule has 18 heavy (non-hydrogen) atoms. The van der Waals surface area contributed by atoms with E-state index in [-0.39, 0.29) is 11.9 Å². The van der Waals surface area contributed by atoms with Crippen LogP contribution in [0.2, 0.25) is 0 Å². The van der Waals surface area contributed by atoms with Crippen LogP contribution in [-0.2, 0) is 4.79 Å². The molecule has 0 spiro atoms. The van der Waals surface area contributed by atoms with Gasteiger partial charge in [0, 0.05) is 10.9 Å². The quantitative estimate of drug-likeness (QED) is 0.836. The maximum absolute atomic E-state index is 13.7. The second-order valence-corrected chi connectivity index (χ2v) is 5.10. The summed E-state index contributed by atoms with van der Waals surface area (Å²) in [7, 11) is 1.73. The zero-order chi connectivity index (χ0) is 13.9. The minimum Gasteiger partial charge on any atom is -0.480 e. The Labute approximate surface area is 111 Å². The lowest BCUT2D eigenvalue weighted by Gasteiger charge is -2.28. The molecule has 1 aromatic carbocycles. The standard InChI is InChI=1S/C13H18FNO2S/c1-8(15(3)9(2)13(16)17)10-5-6-12(18-4)11(14)7-10/h5-9H,1-4H3,(H,16,17). The highest BCUT2D eigenvalue weighted by molar-refractivity contribution is 7.98. The van der Waals surface area contributed by atoms with Crippen LogP contribution in [0, 0.1) is 5.82 Å². The van der Waals surface area contributed by atoms with Gasteiger partial charge in [-0.25, -0.2) is 4.39 Å². The van der Waals surface area contributed by atoms with E-state index in [9.17, 15) is 9.18 Å². The second kappa shape index (κ2) is 6.20. The molecule has 0 bridgehead atoms. The highest BCUT2D eigenvalue weighted by Crippen LogP contribution is 2.26. The van der Waals surface area contributed by atoms with Crippen molar-refractivity contribution in [2.24, 2.45) is 0 Å². The van der Waals surface area contributed by atoms with E-state index in [1.165, 1.54) is 17.8 Å². The summed E-state index contributed by atoms with van der Waals surface area (Å²) in [4.78, 5) is 13.2. The molecule has 2 atom stereocenters. The van der Waals surface area contributed by atoms with Gasteiger partial charge < -0.3 is 5.11 Å². The average molecular weight is 271 g/mol. The van der Waals surface area contributed by atoms with Crippen LogP contribution in [-0.4, -0.2) is 35.3 Å². The van der Waals surface area contributed by atoms with Crippen molar-refractivity contribution in [3.05, 3.63) is 29.6 Å². The van der Waals surface area contributed by atoms with Gasteiger partial charge in [-0.15, -0.1) is 11.8 Å². The maximum Gasteiger partial charge on any atom is 0.320 e. The van der Waals surface area contributed by atoms with Crippen LogP contribution in [0.25, 0.3) is 0 Å². The summed E-state index contributed by atoms with van der Waals surface area (Å²) in [6.45, 7) is 3.48. The lowest BCUT2D eigenvalue weighted by Crippen LogP contribution is -2.37. The van der Waals surface area contributed by atoms with E-state index in [4.69, 9.17) is 5.11 Å². The summed E-state index contributed by atoms with van der Waals surface area (Å²) in [5, 5.41) is 8.97. The van der Waals surface area contributed by atoms with Crippen LogP contribution in [0.4, 0.5) is 4.39 Å². The normalized spacial score (nSPS) is 14.6. The number of thioether (sulfide) groups is 1. The lowest BCUT2D eigenvalue weighted by atomic mass is 10.1. The minimum atomic E-state index is -0.884. The summed E-state index contributed by atoms with van der Waals surface area (Å²) in [6, 6.07) is 4.28. The number of benzene rings is 1. The number of likely N-dealkylation sites (N-methyl/N-ethyl adjacent to an activating group) is 1. The highest BCUT2D eigenvalue weighted by atomic mass is 32.2. The van der Waals surface area contributed by atoms with Gasteiger partial charge in [0.1, 0.15) is 11.9 Å². The monoisotopic (exact) mass is 271 g/mol. The fourth-order valence-electron chi connectivity index (χ4n) is 1.69. The number of aliphatic carboxylic acids is 1. The first-order valence-corrected chi connectivity index (χ1v) is 6.89. The zero-order valence-electron chi connectivity index (χ0n) is 11.0. The van der Waals surface area contributed by atoms with Crippen molar-refractivity contribution in [1.82, 2.24) is 4.90 Å². The Morgan fingerprint density at radius 1 is 1.44 bits per heavy atom. The third-order valence-corrected chi connectivity index (χ3v) is 4.01. The molecule has 0 saturated carbocycles. The number of hydrogen-bond donors (Lipinski definition) is 1. The van der Waals surface area contributed by atoms with Crippen LogP contribution >= 0.6 is 11.8 Å². The van der Waals surface area contributed by atoms with Gasteiger partial charge in [-0.05, 0) is 44.8 Å². The predicted octanol–water partition coefficient (Wildman–Crippen LogP) is 3.01. The van der Waals surface area contributed by atoms with E-state index >= 15 is 0 Å². The van der Waals surface area contributed by atoms with Crippen LogP contribution < -0.4 is 0 Å². The molecule has 2 unspecified atom stereocenters. The van der Waals surface area contributed by atoms with E-state index in [1.54, 1.807) is 24.9 Å². The summed E-state index contributed by atoms with van der Waals surface area (Å²) < 4.78 is 13.7. The van der Waals surface area contributed by atoms with Crippen LogP contribution in [0.5, 0.6) is 0 Å². The molecule has 1 N–H and O–H groups in total. The van der Waals surface area contributed by atoms with E-state index in [0.717, 1.165) is 5.56 Å². The minimum absolute atomic E-state index is 0.151. The van der Waals surface area contributed by atoms with Gasteiger partial charge >= 0.3 is 5.97 Å². The maximum atomic E-state index is 13.7. The molecule has 1 aromatic rings. The Bertz CT molecular complexity index is 439. The average Bonchev–Trinajstić information content (AvgIpc) is 2.35. The Hall–Kier alpha value is -1.07. The van der Waals surface area contributed by atoms with E-state index in [1.807, 2.05) is 19.2 Å². The van der Waals surface area contributed by atoms with E-state index in [0.29, 0.717) is 4.90 Å². The molecule has 1 rings (SSSR count). The first-order chi connectivity index (χ1) is 8.38. The number of carbonyl (C=O) groups is 1. The summed E-state index contributed by atoms with van der Waals surface area (Å²) in [6.07, 6.45) is 1.82. The number of rotatable bonds is 5. The molecular formula is C13H18FNO2S. The molecule has 0 amide bonds. The molecule has 0 aliphatic carbocycles. The highest BCUT2D eigenvalue weighted by Gasteiger charge is 2.23. The molecule has 0 radical (unpaired) electrons. The Morgan fingerprint density at radius 2 is 2.06 bits per heavy atom. The van der Waals surface area contributed by atoms with Crippen molar-refractivity contribution in [2.45, 2.75) is 30.8 Å². The first-order valence-electron chi connectivity index (χ1n) is 5.66. The molecule has 5 heteroatoms. The Morgan fingerprint density at radius 3 is 2.50 bits per heavy atom. The van der Waals surface area contributed by atoms with Gasteiger partial charge in [-0.3, -0.25) is 9.69 Å². The third kappa shape index (κ3) is 3.23. The topological polar surface area (TPSA) is 40.5 Å². The van der Waals surface area contributed by atoms with E-state index in [2.05, 4.69) is 0 Å². The molecule has 0 aliphatic rings. The van der Waals surface area contributed by atoms with Gasteiger partial charge in [0.15, 0.2) is 0 Å². The van der Waals surface area contributed by atoms with Crippen molar-refractivity contribution < 1.29 is 14.3 Å². The van der Waals surface area contributed by atoms with Crippen LogP contribution in [0.1, 0.15) is 25.5 Å². The number of hydrogen-bond acceptors (Lipinski definition) is 3. The van der Waals surface area contributed by atoms with Gasteiger partial charge in [-0.2, -0.15) is 0 Å². The van der Waals surface area contributed by atoms with Crippen molar-refractivity contribution in [3.8, 4) is 0 Å². The largest absolute Gasteiger partial charge is 0.480 e. The van der Waals surface area contributed by atoms with Crippen molar-refractivity contribution in [3.63, 3.8) is 0 Å². The number of carboxylic acids is 1. The fourth-order valence-corrected chi connectivity index (χ4v) is 2.15. The summed E-state index contributed by atoms with van der Waals surface area (Å²) in [5.74, 6) is -1.14. The molecule has 3 nitrogen and oxygen atoms in total. The Kier molecular flexibility index (Phi) is 5.16. The van der Waals surface area contributed by atoms with Crippen LogP contribution in [0.3, 0.4) is 0 Å². The van der Waals surface area contributed by atoms with Crippen molar-refractivity contribution in [2.75, 3.05) is 13.3 Å². The molecule has 0 heterocycles. The van der Waals surface area contributed by atoms with Gasteiger partial charge in [-0.1, -0.05) is 6.07 Å². The third-order valence-electron chi connectivity index (χ3n) is 3.24. The Balaban J connectivity index is 2.93. The van der Waals surface area contributed by atoms with E-state index < -0.39 is 12.0 Å². The van der Waals surface area contributed by atoms with Crippen LogP contribution in [0.15, 0.2) is 23.1 Å².